The lowest BCUT2D eigenvalue weighted by Gasteiger charge is -2.20. The second-order valence-corrected chi connectivity index (χ2v) is 10.3. The van der Waals surface area contributed by atoms with Gasteiger partial charge in [-0.3, -0.25) is 0 Å². The highest BCUT2D eigenvalue weighted by molar-refractivity contribution is 7.31. The molecule has 37 heavy (non-hydrogen) atoms. The number of ether oxygens (including phenoxy) is 1. The molecular weight excluding hydrogens is 506 g/mol. The normalized spacial score (nSPS) is 11.6. The van der Waals surface area contributed by atoms with Crippen LogP contribution in [-0.4, -0.2) is 30.8 Å². The molecule has 0 saturated heterocycles. The number of fused-ring (bicyclic) bond motifs is 1. The standard InChI is InChI=1S/C27H29N5O3S2/c1-4-7-14-35-27(34)21-13-10-19(15-22(21)33)29-31-26-17-24-23(37-26)16-25(36-24)30-28-18-8-11-20(12-9-18)32(5-2)6-3/h8-13,15-17,33H,4-7,14H2,1-3H3/b30-28+,31-29+. The molecule has 2 aromatic carbocycles. The summed E-state index contributed by atoms with van der Waals surface area (Å²) in [5, 5.41) is 29.0. The molecule has 2 heterocycles. The van der Waals surface area contributed by atoms with Gasteiger partial charge < -0.3 is 14.7 Å². The molecule has 0 spiro atoms. The number of azo groups is 2. The Hall–Kier alpha value is -3.63. The third kappa shape index (κ3) is 6.78. The van der Waals surface area contributed by atoms with Crippen molar-refractivity contribution in [2.24, 2.45) is 20.5 Å². The number of benzene rings is 2. The summed E-state index contributed by atoms with van der Waals surface area (Å²) in [6, 6.07) is 16.6. The number of carbonyl (C=O) groups excluding carboxylic acids is 1. The summed E-state index contributed by atoms with van der Waals surface area (Å²) < 4.78 is 7.26. The summed E-state index contributed by atoms with van der Waals surface area (Å²) in [5.74, 6) is -0.722. The van der Waals surface area contributed by atoms with E-state index in [1.54, 1.807) is 6.07 Å². The van der Waals surface area contributed by atoms with Gasteiger partial charge in [0.1, 0.15) is 21.3 Å². The van der Waals surface area contributed by atoms with Crippen LogP contribution in [0.15, 0.2) is 75.1 Å². The monoisotopic (exact) mass is 535 g/mol. The number of hydrogen-bond acceptors (Lipinski definition) is 10. The van der Waals surface area contributed by atoms with E-state index in [0.717, 1.165) is 51.0 Å². The van der Waals surface area contributed by atoms with Gasteiger partial charge in [0, 0.05) is 34.2 Å². The molecule has 0 aliphatic heterocycles. The summed E-state index contributed by atoms with van der Waals surface area (Å²) in [7, 11) is 0. The molecule has 10 heteroatoms. The zero-order valence-electron chi connectivity index (χ0n) is 21.0. The Bertz CT molecular complexity index is 1370. The van der Waals surface area contributed by atoms with Crippen molar-refractivity contribution in [3.05, 3.63) is 60.2 Å². The van der Waals surface area contributed by atoms with Gasteiger partial charge in [0.15, 0.2) is 0 Å². The predicted molar refractivity (Wildman–Crippen MR) is 151 cm³/mol. The Kier molecular flexibility index (Phi) is 8.97. The molecule has 4 aromatic rings. The number of aromatic hydroxyl groups is 1. The Labute approximate surface area is 224 Å². The van der Waals surface area contributed by atoms with Crippen molar-refractivity contribution in [1.29, 1.82) is 0 Å². The zero-order valence-corrected chi connectivity index (χ0v) is 22.7. The van der Waals surface area contributed by atoms with Crippen molar-refractivity contribution in [1.82, 2.24) is 0 Å². The van der Waals surface area contributed by atoms with E-state index >= 15 is 0 Å². The smallest absolute Gasteiger partial charge is 0.341 e. The summed E-state index contributed by atoms with van der Waals surface area (Å²) in [6.07, 6.45) is 1.71. The van der Waals surface area contributed by atoms with Crippen LogP contribution in [0.25, 0.3) is 9.40 Å². The lowest BCUT2D eigenvalue weighted by atomic mass is 10.2. The number of esters is 1. The van der Waals surface area contributed by atoms with Crippen molar-refractivity contribution >= 4 is 65.1 Å². The minimum absolute atomic E-state index is 0.119. The van der Waals surface area contributed by atoms with Gasteiger partial charge in [-0.15, -0.1) is 43.1 Å². The highest BCUT2D eigenvalue weighted by atomic mass is 32.1. The van der Waals surface area contributed by atoms with Crippen LogP contribution in [0.5, 0.6) is 5.75 Å². The molecule has 2 aromatic heterocycles. The molecule has 0 amide bonds. The van der Waals surface area contributed by atoms with E-state index in [4.69, 9.17) is 4.74 Å². The summed E-state index contributed by atoms with van der Waals surface area (Å²) >= 11 is 3.04. The third-order valence-corrected chi connectivity index (χ3v) is 7.68. The SMILES string of the molecule is CCCCOC(=O)c1ccc(/N=N/c2cc3sc(/N=N/c4ccc(N(CC)CC)cc4)cc3s2)cc1O. The van der Waals surface area contributed by atoms with Gasteiger partial charge in [0.05, 0.1) is 18.0 Å². The molecule has 0 radical (unpaired) electrons. The molecule has 0 bridgehead atoms. The Morgan fingerprint density at radius 3 is 2.00 bits per heavy atom. The number of phenolic OH excluding ortho intramolecular Hbond substituents is 1. The van der Waals surface area contributed by atoms with Crippen molar-refractivity contribution in [3.63, 3.8) is 0 Å². The number of unbranched alkanes of at least 4 members (excludes halogenated alkanes) is 1. The van der Waals surface area contributed by atoms with Crippen LogP contribution in [-0.2, 0) is 4.74 Å². The minimum Gasteiger partial charge on any atom is -0.507 e. The Morgan fingerprint density at radius 2 is 1.43 bits per heavy atom. The lowest BCUT2D eigenvalue weighted by Crippen LogP contribution is -2.21. The summed E-state index contributed by atoms with van der Waals surface area (Å²) in [5.41, 5.74) is 2.55. The van der Waals surface area contributed by atoms with Gasteiger partial charge in [-0.2, -0.15) is 0 Å². The van der Waals surface area contributed by atoms with Crippen LogP contribution >= 0.6 is 22.7 Å². The average Bonchev–Trinajstić information content (AvgIpc) is 3.46. The van der Waals surface area contributed by atoms with Crippen molar-refractivity contribution < 1.29 is 14.6 Å². The average molecular weight is 536 g/mol. The van der Waals surface area contributed by atoms with Gasteiger partial charge in [0.2, 0.25) is 0 Å². The molecule has 1 N–H and O–H groups in total. The first kappa shape index (κ1) is 26.4. The fourth-order valence-corrected chi connectivity index (χ4v) is 5.61. The van der Waals surface area contributed by atoms with Crippen molar-refractivity contribution in [3.8, 4) is 5.75 Å². The first-order valence-electron chi connectivity index (χ1n) is 12.2. The maximum atomic E-state index is 12.1. The van der Waals surface area contributed by atoms with Crippen molar-refractivity contribution in [2.45, 2.75) is 33.6 Å². The molecule has 0 aliphatic rings. The van der Waals surface area contributed by atoms with Crippen LogP contribution in [0.3, 0.4) is 0 Å². The fourth-order valence-electron chi connectivity index (χ4n) is 3.58. The van der Waals surface area contributed by atoms with Crippen LogP contribution in [0.2, 0.25) is 0 Å². The zero-order chi connectivity index (χ0) is 26.2. The topological polar surface area (TPSA) is 99.2 Å². The summed E-state index contributed by atoms with van der Waals surface area (Å²) in [6.45, 7) is 8.57. The van der Waals surface area contributed by atoms with Crippen LogP contribution in [0.4, 0.5) is 27.1 Å². The second kappa shape index (κ2) is 12.6. The Balaban J connectivity index is 1.39. The molecule has 192 valence electrons. The molecule has 8 nitrogen and oxygen atoms in total. The number of rotatable bonds is 11. The number of thiophene rings is 2. The molecule has 4 rings (SSSR count). The molecule has 0 saturated carbocycles. The second-order valence-electron chi connectivity index (χ2n) is 8.18. The van der Waals surface area contributed by atoms with Gasteiger partial charge >= 0.3 is 5.97 Å². The Morgan fingerprint density at radius 1 is 0.838 bits per heavy atom. The summed E-state index contributed by atoms with van der Waals surface area (Å²) in [4.78, 5) is 14.4. The van der Waals surface area contributed by atoms with E-state index in [2.05, 4.69) is 51.3 Å². The number of nitrogens with zero attached hydrogens (tertiary/aromatic N) is 5. The highest BCUT2D eigenvalue weighted by Crippen LogP contribution is 2.42. The van der Waals surface area contributed by atoms with E-state index in [9.17, 15) is 9.90 Å². The molecule has 0 aliphatic carbocycles. The number of hydrogen-bond donors (Lipinski definition) is 1. The molecule has 0 atom stereocenters. The third-order valence-electron chi connectivity index (χ3n) is 5.62. The van der Waals surface area contributed by atoms with E-state index in [1.165, 1.54) is 40.5 Å². The number of phenols is 1. The highest BCUT2D eigenvalue weighted by Gasteiger charge is 2.13. The maximum absolute atomic E-state index is 12.1. The molecule has 0 fully saturated rings. The van der Waals surface area contributed by atoms with E-state index in [1.807, 2.05) is 31.2 Å². The van der Waals surface area contributed by atoms with Gasteiger partial charge in [-0.05, 0) is 68.8 Å². The van der Waals surface area contributed by atoms with Gasteiger partial charge in [0.25, 0.3) is 0 Å². The lowest BCUT2D eigenvalue weighted by molar-refractivity contribution is 0.0496. The van der Waals surface area contributed by atoms with Gasteiger partial charge in [-0.25, -0.2) is 4.79 Å². The van der Waals surface area contributed by atoms with Crippen LogP contribution < -0.4 is 4.90 Å². The van der Waals surface area contributed by atoms with E-state index < -0.39 is 5.97 Å². The van der Waals surface area contributed by atoms with Crippen LogP contribution in [0.1, 0.15) is 44.0 Å². The predicted octanol–water partition coefficient (Wildman–Crippen LogP) is 9.30. The minimum atomic E-state index is -0.544. The van der Waals surface area contributed by atoms with E-state index in [0.29, 0.717) is 12.3 Å². The van der Waals surface area contributed by atoms with Crippen LogP contribution in [0, 0.1) is 0 Å². The fraction of sp³-hybridized carbons (Fsp3) is 0.296. The number of carbonyl (C=O) groups is 1. The van der Waals surface area contributed by atoms with Gasteiger partial charge in [-0.1, -0.05) is 13.3 Å². The first-order valence-corrected chi connectivity index (χ1v) is 13.9. The van der Waals surface area contributed by atoms with Crippen molar-refractivity contribution in [2.75, 3.05) is 24.6 Å². The maximum Gasteiger partial charge on any atom is 0.341 e. The van der Waals surface area contributed by atoms with E-state index in [-0.39, 0.29) is 11.3 Å². The molecular formula is C27H29N5O3S2. The first-order chi connectivity index (χ1) is 18.0. The molecule has 0 unspecified atom stereocenters. The number of anilines is 1. The quantitative estimate of drug-likeness (QED) is 0.117. The largest absolute Gasteiger partial charge is 0.507 e.